The highest BCUT2D eigenvalue weighted by Crippen LogP contribution is 2.17. The fraction of sp³-hybridized carbons (Fsp3) is 0.571. The van der Waals surface area contributed by atoms with Crippen LogP contribution in [0.5, 0.6) is 0 Å². The number of nitrogens with two attached hydrogens (primary N) is 1. The Morgan fingerprint density at radius 1 is 1.12 bits per heavy atom. The summed E-state index contributed by atoms with van der Waals surface area (Å²) < 4.78 is 5.54. The first-order chi connectivity index (χ1) is 8.27. The van der Waals surface area contributed by atoms with Crippen molar-refractivity contribution in [2.24, 2.45) is 0 Å². The molecule has 17 heavy (non-hydrogen) atoms. The molecule has 0 unspecified atom stereocenters. The molecular weight excluding hydrogens is 212 g/mol. The van der Waals surface area contributed by atoms with Crippen molar-refractivity contribution < 1.29 is 4.74 Å². The van der Waals surface area contributed by atoms with Crippen molar-refractivity contribution in [3.8, 4) is 0 Å². The molecule has 0 radical (unpaired) electrons. The van der Waals surface area contributed by atoms with Gasteiger partial charge in [0.2, 0.25) is 0 Å². The molecule has 0 saturated heterocycles. The van der Waals surface area contributed by atoms with Gasteiger partial charge in [0, 0.05) is 31.1 Å². The van der Waals surface area contributed by atoms with E-state index < -0.39 is 0 Å². The van der Waals surface area contributed by atoms with Gasteiger partial charge >= 0.3 is 0 Å². The van der Waals surface area contributed by atoms with E-state index in [0.29, 0.717) is 0 Å². The van der Waals surface area contributed by atoms with Crippen LogP contribution in [0.1, 0.15) is 26.7 Å². The molecule has 1 aromatic carbocycles. The number of hydrogen-bond acceptors (Lipinski definition) is 3. The maximum atomic E-state index is 5.81. The highest BCUT2D eigenvalue weighted by Gasteiger charge is 2.05. The summed E-state index contributed by atoms with van der Waals surface area (Å²) in [6, 6.07) is 8.04. The van der Waals surface area contributed by atoms with Crippen LogP contribution in [0.2, 0.25) is 0 Å². The Morgan fingerprint density at radius 3 is 2.59 bits per heavy atom. The normalized spacial score (nSPS) is 10.5. The average molecular weight is 236 g/mol. The molecule has 0 aliphatic heterocycles. The smallest absolute Gasteiger partial charge is 0.0641 e. The van der Waals surface area contributed by atoms with Crippen LogP contribution in [0.15, 0.2) is 24.3 Å². The fourth-order valence-electron chi connectivity index (χ4n) is 1.78. The number of anilines is 2. The molecule has 0 saturated carbocycles. The summed E-state index contributed by atoms with van der Waals surface area (Å²) in [5.41, 5.74) is 7.82. The molecule has 2 N–H and O–H groups in total. The average Bonchev–Trinajstić information content (AvgIpc) is 2.33. The van der Waals surface area contributed by atoms with Gasteiger partial charge < -0.3 is 15.4 Å². The Hall–Kier alpha value is -1.22. The minimum Gasteiger partial charge on any atom is -0.399 e. The Kier molecular flexibility index (Phi) is 6.48. The van der Waals surface area contributed by atoms with Gasteiger partial charge in [0.25, 0.3) is 0 Å². The van der Waals surface area contributed by atoms with Crippen LogP contribution in [-0.4, -0.2) is 26.3 Å². The molecule has 1 aromatic rings. The highest BCUT2D eigenvalue weighted by molar-refractivity contribution is 5.55. The van der Waals surface area contributed by atoms with Gasteiger partial charge in [-0.1, -0.05) is 19.9 Å². The molecule has 0 aliphatic carbocycles. The molecule has 3 heteroatoms. The van der Waals surface area contributed by atoms with Gasteiger partial charge in [-0.25, -0.2) is 0 Å². The van der Waals surface area contributed by atoms with E-state index in [1.165, 1.54) is 5.69 Å². The molecule has 0 aliphatic rings. The standard InChI is InChI=1S/C14H24N2O/c1-3-8-16(9-11-17-10-4-2)14-7-5-6-13(15)12-14/h5-7,12H,3-4,8-11,15H2,1-2H3. The zero-order chi connectivity index (χ0) is 12.5. The third-order valence-corrected chi connectivity index (χ3v) is 2.58. The lowest BCUT2D eigenvalue weighted by atomic mass is 10.2. The summed E-state index contributed by atoms with van der Waals surface area (Å²) in [6.07, 6.45) is 2.20. The van der Waals surface area contributed by atoms with E-state index in [4.69, 9.17) is 10.5 Å². The number of benzene rings is 1. The van der Waals surface area contributed by atoms with E-state index in [0.717, 1.165) is 44.8 Å². The summed E-state index contributed by atoms with van der Waals surface area (Å²) in [5, 5.41) is 0. The van der Waals surface area contributed by atoms with Gasteiger partial charge in [-0.15, -0.1) is 0 Å². The summed E-state index contributed by atoms with van der Waals surface area (Å²) in [5.74, 6) is 0. The van der Waals surface area contributed by atoms with Crippen LogP contribution in [0.4, 0.5) is 11.4 Å². The topological polar surface area (TPSA) is 38.5 Å². The Balaban J connectivity index is 2.52. The zero-order valence-electron chi connectivity index (χ0n) is 11.0. The predicted molar refractivity (Wildman–Crippen MR) is 74.5 cm³/mol. The van der Waals surface area contributed by atoms with Crippen LogP contribution >= 0.6 is 0 Å². The van der Waals surface area contributed by atoms with Crippen molar-refractivity contribution in [1.29, 1.82) is 0 Å². The predicted octanol–water partition coefficient (Wildman–Crippen LogP) is 2.91. The van der Waals surface area contributed by atoms with Gasteiger partial charge in [0.15, 0.2) is 0 Å². The van der Waals surface area contributed by atoms with E-state index in [1.54, 1.807) is 0 Å². The monoisotopic (exact) mass is 236 g/mol. The maximum Gasteiger partial charge on any atom is 0.0641 e. The quantitative estimate of drug-likeness (QED) is 0.557. The van der Waals surface area contributed by atoms with Crippen molar-refractivity contribution >= 4 is 11.4 Å². The van der Waals surface area contributed by atoms with Crippen LogP contribution in [0, 0.1) is 0 Å². The maximum absolute atomic E-state index is 5.81. The lowest BCUT2D eigenvalue weighted by Gasteiger charge is -2.24. The summed E-state index contributed by atoms with van der Waals surface area (Å²) in [6.45, 7) is 7.91. The molecule has 0 amide bonds. The van der Waals surface area contributed by atoms with Crippen LogP contribution in [-0.2, 0) is 4.74 Å². The van der Waals surface area contributed by atoms with E-state index in [-0.39, 0.29) is 0 Å². The number of rotatable bonds is 8. The van der Waals surface area contributed by atoms with E-state index in [2.05, 4.69) is 24.8 Å². The first-order valence-corrected chi connectivity index (χ1v) is 6.46. The number of ether oxygens (including phenoxy) is 1. The Bertz CT molecular complexity index is 315. The van der Waals surface area contributed by atoms with E-state index in [9.17, 15) is 0 Å². The molecule has 1 rings (SSSR count). The highest BCUT2D eigenvalue weighted by atomic mass is 16.5. The lowest BCUT2D eigenvalue weighted by Crippen LogP contribution is -2.28. The van der Waals surface area contributed by atoms with Gasteiger partial charge in [0.1, 0.15) is 0 Å². The third-order valence-electron chi connectivity index (χ3n) is 2.58. The molecule has 0 spiro atoms. The molecule has 0 fully saturated rings. The third kappa shape index (κ3) is 5.09. The minimum absolute atomic E-state index is 0.780. The van der Waals surface area contributed by atoms with Crippen molar-refractivity contribution in [3.05, 3.63) is 24.3 Å². The molecule has 96 valence electrons. The second kappa shape index (κ2) is 7.96. The van der Waals surface area contributed by atoms with E-state index in [1.807, 2.05) is 18.2 Å². The van der Waals surface area contributed by atoms with Crippen molar-refractivity contribution in [1.82, 2.24) is 0 Å². The molecule has 0 heterocycles. The van der Waals surface area contributed by atoms with Crippen LogP contribution in [0.25, 0.3) is 0 Å². The second-order valence-corrected chi connectivity index (χ2v) is 4.19. The SMILES string of the molecule is CCCOCCN(CCC)c1cccc(N)c1. The molecule has 3 nitrogen and oxygen atoms in total. The first-order valence-electron chi connectivity index (χ1n) is 6.46. The first kappa shape index (κ1) is 13.8. The Morgan fingerprint density at radius 2 is 1.94 bits per heavy atom. The van der Waals surface area contributed by atoms with Gasteiger partial charge in [0.05, 0.1) is 6.61 Å². The summed E-state index contributed by atoms with van der Waals surface area (Å²) >= 11 is 0. The van der Waals surface area contributed by atoms with Gasteiger partial charge in [-0.05, 0) is 31.0 Å². The molecule has 0 aromatic heterocycles. The van der Waals surface area contributed by atoms with Crippen molar-refractivity contribution in [2.75, 3.05) is 36.9 Å². The number of nitrogen functional groups attached to an aromatic ring is 1. The molecular formula is C14H24N2O. The minimum atomic E-state index is 0.780. The number of hydrogen-bond donors (Lipinski definition) is 1. The summed E-state index contributed by atoms with van der Waals surface area (Å²) in [7, 11) is 0. The van der Waals surface area contributed by atoms with Gasteiger partial charge in [-0.2, -0.15) is 0 Å². The fourth-order valence-corrected chi connectivity index (χ4v) is 1.78. The van der Waals surface area contributed by atoms with E-state index >= 15 is 0 Å². The van der Waals surface area contributed by atoms with Crippen molar-refractivity contribution in [2.45, 2.75) is 26.7 Å². The largest absolute Gasteiger partial charge is 0.399 e. The number of nitrogens with zero attached hydrogens (tertiary/aromatic N) is 1. The van der Waals surface area contributed by atoms with Crippen LogP contribution < -0.4 is 10.6 Å². The van der Waals surface area contributed by atoms with Crippen molar-refractivity contribution in [3.63, 3.8) is 0 Å². The lowest BCUT2D eigenvalue weighted by molar-refractivity contribution is 0.141. The van der Waals surface area contributed by atoms with Crippen LogP contribution in [0.3, 0.4) is 0 Å². The van der Waals surface area contributed by atoms with Gasteiger partial charge in [-0.3, -0.25) is 0 Å². The zero-order valence-corrected chi connectivity index (χ0v) is 11.0. The Labute approximate surface area is 105 Å². The molecule has 0 bridgehead atoms. The second-order valence-electron chi connectivity index (χ2n) is 4.19. The molecule has 0 atom stereocenters. The summed E-state index contributed by atoms with van der Waals surface area (Å²) in [4.78, 5) is 2.33.